The van der Waals surface area contributed by atoms with Gasteiger partial charge in [-0.05, 0) is 38.2 Å². The first-order chi connectivity index (χ1) is 5.92. The minimum absolute atomic E-state index is 0.738. The van der Waals surface area contributed by atoms with Crippen LogP contribution in [0.2, 0.25) is 0 Å². The minimum atomic E-state index is 0.738. The van der Waals surface area contributed by atoms with E-state index >= 15 is 0 Å². The van der Waals surface area contributed by atoms with Crippen molar-refractivity contribution in [1.82, 2.24) is 0 Å². The molecule has 0 bridgehead atoms. The van der Waals surface area contributed by atoms with Gasteiger partial charge in [-0.15, -0.1) is 0 Å². The Hall–Kier alpha value is -0.780. The predicted octanol–water partition coefficient (Wildman–Crippen LogP) is 3.62. The van der Waals surface area contributed by atoms with Gasteiger partial charge in [0.1, 0.15) is 0 Å². The van der Waals surface area contributed by atoms with Gasteiger partial charge in [-0.1, -0.05) is 29.9 Å². The molecule has 0 aliphatic heterocycles. The fraction of sp³-hybridized carbons (Fsp3) is 0.500. The first-order valence-corrected chi connectivity index (χ1v) is 4.93. The highest BCUT2D eigenvalue weighted by Crippen LogP contribution is 2.38. The van der Waals surface area contributed by atoms with Gasteiger partial charge < -0.3 is 0 Å². The average molecular weight is 160 g/mol. The molecule has 2 rings (SSSR count). The molecule has 0 aromatic carbocycles. The second kappa shape index (κ2) is 3.30. The highest BCUT2D eigenvalue weighted by atomic mass is 14.3. The van der Waals surface area contributed by atoms with Crippen LogP contribution in [0.5, 0.6) is 0 Å². The zero-order valence-electron chi connectivity index (χ0n) is 7.72. The van der Waals surface area contributed by atoms with Crippen molar-refractivity contribution in [2.75, 3.05) is 0 Å². The summed E-state index contributed by atoms with van der Waals surface area (Å²) < 4.78 is 0. The molecule has 12 heavy (non-hydrogen) atoms. The van der Waals surface area contributed by atoms with Crippen LogP contribution in [0.4, 0.5) is 0 Å². The normalized spacial score (nSPS) is 28.6. The van der Waals surface area contributed by atoms with Crippen LogP contribution < -0.4 is 0 Å². The van der Waals surface area contributed by atoms with Crippen LogP contribution in [0.3, 0.4) is 0 Å². The summed E-state index contributed by atoms with van der Waals surface area (Å²) in [5.41, 5.74) is 3.35. The largest absolute Gasteiger partial charge is 0.0910 e. The summed E-state index contributed by atoms with van der Waals surface area (Å²) in [6.45, 7) is 2.12. The van der Waals surface area contributed by atoms with E-state index in [0.29, 0.717) is 0 Å². The van der Waals surface area contributed by atoms with Crippen LogP contribution >= 0.6 is 0 Å². The Morgan fingerprint density at radius 2 is 2.33 bits per heavy atom. The summed E-state index contributed by atoms with van der Waals surface area (Å²) in [5.74, 6) is 0.738. The molecular weight excluding hydrogens is 144 g/mol. The molecule has 0 amide bonds. The lowest BCUT2D eigenvalue weighted by atomic mass is 9.95. The molecule has 0 heteroatoms. The van der Waals surface area contributed by atoms with Gasteiger partial charge in [-0.3, -0.25) is 0 Å². The molecule has 0 fully saturated rings. The maximum absolute atomic E-state index is 2.35. The van der Waals surface area contributed by atoms with Gasteiger partial charge in [0.2, 0.25) is 0 Å². The average Bonchev–Trinajstić information content (AvgIpc) is 2.50. The lowest BCUT2D eigenvalue weighted by Gasteiger charge is -2.10. The maximum Gasteiger partial charge on any atom is 0.00203 e. The van der Waals surface area contributed by atoms with Crippen LogP contribution in [0.25, 0.3) is 0 Å². The lowest BCUT2D eigenvalue weighted by molar-refractivity contribution is 0.746. The van der Waals surface area contributed by atoms with Crippen LogP contribution in [0, 0.1) is 5.92 Å². The fourth-order valence-electron chi connectivity index (χ4n) is 2.30. The number of hydrogen-bond donors (Lipinski definition) is 0. The third-order valence-corrected chi connectivity index (χ3v) is 2.90. The molecule has 64 valence electrons. The molecule has 2 aliphatic rings. The number of rotatable bonds is 1. The summed E-state index contributed by atoms with van der Waals surface area (Å²) in [7, 11) is 0. The van der Waals surface area contributed by atoms with Crippen LogP contribution in [0.1, 0.15) is 32.6 Å². The second-order valence-electron chi connectivity index (χ2n) is 3.67. The topological polar surface area (TPSA) is 0 Å². The Morgan fingerprint density at radius 1 is 1.42 bits per heavy atom. The van der Waals surface area contributed by atoms with Gasteiger partial charge in [0.25, 0.3) is 0 Å². The number of allylic oxidation sites excluding steroid dienone is 6. The summed E-state index contributed by atoms with van der Waals surface area (Å²) in [6.07, 6.45) is 14.5. The van der Waals surface area contributed by atoms with E-state index in [9.17, 15) is 0 Å². The SMILES string of the molecule is C/C=C/C1CCC2=C1C=CCC2. The van der Waals surface area contributed by atoms with Crippen molar-refractivity contribution in [3.63, 3.8) is 0 Å². The first kappa shape index (κ1) is 7.85. The van der Waals surface area contributed by atoms with Crippen molar-refractivity contribution in [2.45, 2.75) is 32.6 Å². The standard InChI is InChI=1S/C12H16/c1-2-5-10-8-9-11-6-3-4-7-12(10)11/h2,4-5,7,10H,3,6,8-9H2,1H3/b5-2+. The molecule has 0 nitrogen and oxygen atoms in total. The van der Waals surface area contributed by atoms with Crippen molar-refractivity contribution in [2.24, 2.45) is 5.92 Å². The molecule has 0 N–H and O–H groups in total. The fourth-order valence-corrected chi connectivity index (χ4v) is 2.30. The summed E-state index contributed by atoms with van der Waals surface area (Å²) in [6, 6.07) is 0. The Bertz CT molecular complexity index is 253. The second-order valence-corrected chi connectivity index (χ2v) is 3.67. The molecule has 1 unspecified atom stereocenters. The highest BCUT2D eigenvalue weighted by Gasteiger charge is 2.22. The smallest absolute Gasteiger partial charge is 0.00203 e. The molecular formula is C12H16. The Morgan fingerprint density at radius 3 is 3.17 bits per heavy atom. The first-order valence-electron chi connectivity index (χ1n) is 4.93. The van der Waals surface area contributed by atoms with E-state index in [0.717, 1.165) is 5.92 Å². The van der Waals surface area contributed by atoms with Gasteiger partial charge in [0.15, 0.2) is 0 Å². The molecule has 1 atom stereocenters. The van der Waals surface area contributed by atoms with Crippen molar-refractivity contribution >= 4 is 0 Å². The van der Waals surface area contributed by atoms with E-state index < -0.39 is 0 Å². The summed E-state index contributed by atoms with van der Waals surface area (Å²) in [5, 5.41) is 0. The third kappa shape index (κ3) is 1.26. The van der Waals surface area contributed by atoms with Crippen molar-refractivity contribution in [3.05, 3.63) is 35.5 Å². The molecule has 0 aromatic rings. The molecule has 0 saturated carbocycles. The molecule has 2 aliphatic carbocycles. The van der Waals surface area contributed by atoms with Gasteiger partial charge in [0, 0.05) is 5.92 Å². The quantitative estimate of drug-likeness (QED) is 0.514. The Balaban J connectivity index is 2.22. The van der Waals surface area contributed by atoms with Crippen LogP contribution in [-0.2, 0) is 0 Å². The van der Waals surface area contributed by atoms with Crippen LogP contribution in [0.15, 0.2) is 35.5 Å². The summed E-state index contributed by atoms with van der Waals surface area (Å²) in [4.78, 5) is 0. The van der Waals surface area contributed by atoms with Gasteiger partial charge in [-0.25, -0.2) is 0 Å². The lowest BCUT2D eigenvalue weighted by Crippen LogP contribution is -1.95. The van der Waals surface area contributed by atoms with Gasteiger partial charge in [-0.2, -0.15) is 0 Å². The molecule has 0 saturated heterocycles. The van der Waals surface area contributed by atoms with E-state index in [2.05, 4.69) is 31.2 Å². The van der Waals surface area contributed by atoms with E-state index in [1.807, 2.05) is 0 Å². The van der Waals surface area contributed by atoms with Gasteiger partial charge in [0.05, 0.1) is 0 Å². The van der Waals surface area contributed by atoms with E-state index in [1.165, 1.54) is 25.7 Å². The van der Waals surface area contributed by atoms with Crippen LogP contribution in [-0.4, -0.2) is 0 Å². The van der Waals surface area contributed by atoms with E-state index in [4.69, 9.17) is 0 Å². The van der Waals surface area contributed by atoms with E-state index in [-0.39, 0.29) is 0 Å². The number of hydrogen-bond acceptors (Lipinski definition) is 0. The van der Waals surface area contributed by atoms with Crippen molar-refractivity contribution in [1.29, 1.82) is 0 Å². The maximum atomic E-state index is 2.35. The van der Waals surface area contributed by atoms with Crippen molar-refractivity contribution in [3.8, 4) is 0 Å². The van der Waals surface area contributed by atoms with Crippen molar-refractivity contribution < 1.29 is 0 Å². The minimum Gasteiger partial charge on any atom is -0.0910 e. The van der Waals surface area contributed by atoms with E-state index in [1.54, 1.807) is 11.1 Å². The third-order valence-electron chi connectivity index (χ3n) is 2.90. The zero-order valence-corrected chi connectivity index (χ0v) is 7.72. The Labute approximate surface area is 74.7 Å². The summed E-state index contributed by atoms with van der Waals surface area (Å²) >= 11 is 0. The monoisotopic (exact) mass is 160 g/mol. The predicted molar refractivity (Wildman–Crippen MR) is 52.9 cm³/mol. The Kier molecular flexibility index (Phi) is 2.16. The molecule has 0 aromatic heterocycles. The molecule has 0 radical (unpaired) electrons. The molecule has 0 spiro atoms. The zero-order chi connectivity index (χ0) is 8.39. The highest BCUT2D eigenvalue weighted by molar-refractivity contribution is 5.37. The van der Waals surface area contributed by atoms with Gasteiger partial charge >= 0.3 is 0 Å². The molecule has 0 heterocycles.